The second-order valence-corrected chi connectivity index (χ2v) is 8.50. The van der Waals surface area contributed by atoms with E-state index in [9.17, 15) is 13.2 Å². The Morgan fingerprint density at radius 2 is 1.57 bits per heavy atom. The average molecular weight is 426 g/mol. The summed E-state index contributed by atoms with van der Waals surface area (Å²) in [6, 6.07) is 21.8. The molecular weight excluding hydrogens is 402 g/mol. The molecule has 0 fully saturated rings. The van der Waals surface area contributed by atoms with E-state index in [0.717, 1.165) is 5.56 Å². The second-order valence-electron chi connectivity index (χ2n) is 6.79. The van der Waals surface area contributed by atoms with Gasteiger partial charge in [-0.1, -0.05) is 54.1 Å². The number of para-hydroxylation sites is 2. The van der Waals surface area contributed by atoms with Crippen LogP contribution in [0, 0.1) is 6.92 Å². The number of carbonyl (C=O) groups is 1. The topological polar surface area (TPSA) is 81.7 Å². The first-order valence-electron chi connectivity index (χ1n) is 9.41. The lowest BCUT2D eigenvalue weighted by molar-refractivity contribution is -0.146. The fourth-order valence-corrected chi connectivity index (χ4v) is 3.87. The Kier molecular flexibility index (Phi) is 6.87. The molecule has 0 aromatic heterocycles. The number of benzene rings is 3. The van der Waals surface area contributed by atoms with E-state index in [2.05, 4.69) is 4.72 Å². The number of sulfonamides is 1. The van der Waals surface area contributed by atoms with Crippen molar-refractivity contribution >= 4 is 16.0 Å². The second kappa shape index (κ2) is 9.56. The highest BCUT2D eigenvalue weighted by atomic mass is 32.2. The van der Waals surface area contributed by atoms with E-state index >= 15 is 0 Å². The molecule has 0 radical (unpaired) electrons. The lowest BCUT2D eigenvalue weighted by Crippen LogP contribution is -2.39. The number of nitrogens with one attached hydrogen (secondary N) is 1. The molecule has 30 heavy (non-hydrogen) atoms. The van der Waals surface area contributed by atoms with E-state index in [1.807, 2.05) is 49.4 Å². The van der Waals surface area contributed by atoms with Crippen LogP contribution in [-0.4, -0.2) is 20.4 Å². The molecule has 0 amide bonds. The van der Waals surface area contributed by atoms with Crippen molar-refractivity contribution in [2.75, 3.05) is 0 Å². The van der Waals surface area contributed by atoms with Crippen LogP contribution in [0.15, 0.2) is 83.8 Å². The lowest BCUT2D eigenvalue weighted by Gasteiger charge is -2.15. The normalized spacial score (nSPS) is 12.2. The van der Waals surface area contributed by atoms with E-state index in [4.69, 9.17) is 9.47 Å². The van der Waals surface area contributed by atoms with Gasteiger partial charge >= 0.3 is 5.97 Å². The highest BCUT2D eigenvalue weighted by molar-refractivity contribution is 7.89. The van der Waals surface area contributed by atoms with E-state index in [-0.39, 0.29) is 11.5 Å². The van der Waals surface area contributed by atoms with Crippen LogP contribution in [-0.2, 0) is 26.2 Å². The monoisotopic (exact) mass is 425 g/mol. The summed E-state index contributed by atoms with van der Waals surface area (Å²) in [5.74, 6) is 0.542. The molecule has 1 atom stereocenters. The highest BCUT2D eigenvalue weighted by Gasteiger charge is 2.23. The van der Waals surface area contributed by atoms with Gasteiger partial charge in [0.15, 0.2) is 0 Å². The van der Waals surface area contributed by atoms with Gasteiger partial charge in [-0.15, -0.1) is 0 Å². The lowest BCUT2D eigenvalue weighted by atomic mass is 10.2. The first-order chi connectivity index (χ1) is 14.3. The zero-order chi connectivity index (χ0) is 21.6. The molecule has 7 heteroatoms. The van der Waals surface area contributed by atoms with Crippen LogP contribution in [0.4, 0.5) is 0 Å². The molecule has 156 valence electrons. The Labute approximate surface area is 176 Å². The SMILES string of the molecule is Cc1ccc(S(=O)(=O)N[C@@H](C)C(=O)OCc2ccccc2Oc2ccccc2)cc1. The zero-order valence-electron chi connectivity index (χ0n) is 16.7. The molecule has 0 unspecified atom stereocenters. The van der Waals surface area contributed by atoms with Crippen molar-refractivity contribution in [1.82, 2.24) is 4.72 Å². The van der Waals surface area contributed by atoms with Gasteiger partial charge in [0, 0.05) is 5.56 Å². The largest absolute Gasteiger partial charge is 0.459 e. The van der Waals surface area contributed by atoms with Gasteiger partial charge in [-0.05, 0) is 44.2 Å². The van der Waals surface area contributed by atoms with Gasteiger partial charge in [0.1, 0.15) is 24.1 Å². The maximum Gasteiger partial charge on any atom is 0.324 e. The summed E-state index contributed by atoms with van der Waals surface area (Å²) in [6.45, 7) is 3.27. The molecule has 0 aliphatic carbocycles. The number of hydrogen-bond acceptors (Lipinski definition) is 5. The Balaban J connectivity index is 1.62. The fourth-order valence-electron chi connectivity index (χ4n) is 2.68. The Bertz CT molecular complexity index is 1100. The van der Waals surface area contributed by atoms with Crippen LogP contribution in [0.5, 0.6) is 11.5 Å². The minimum absolute atomic E-state index is 0.0432. The molecule has 3 aromatic carbocycles. The maximum absolute atomic E-state index is 12.5. The molecule has 6 nitrogen and oxygen atoms in total. The molecule has 0 saturated heterocycles. The molecule has 3 aromatic rings. The van der Waals surface area contributed by atoms with Crippen LogP contribution < -0.4 is 9.46 Å². The smallest absolute Gasteiger partial charge is 0.324 e. The van der Waals surface area contributed by atoms with Crippen molar-refractivity contribution in [2.45, 2.75) is 31.4 Å². The van der Waals surface area contributed by atoms with Crippen molar-refractivity contribution in [1.29, 1.82) is 0 Å². The van der Waals surface area contributed by atoms with Crippen LogP contribution in [0.25, 0.3) is 0 Å². The van der Waals surface area contributed by atoms with Crippen LogP contribution in [0.3, 0.4) is 0 Å². The van der Waals surface area contributed by atoms with E-state index < -0.39 is 22.0 Å². The van der Waals surface area contributed by atoms with E-state index in [0.29, 0.717) is 17.1 Å². The third-order valence-corrected chi connectivity index (χ3v) is 5.89. The van der Waals surface area contributed by atoms with Crippen LogP contribution in [0.2, 0.25) is 0 Å². The minimum Gasteiger partial charge on any atom is -0.459 e. The summed E-state index contributed by atoms with van der Waals surface area (Å²) in [6.07, 6.45) is 0. The molecule has 0 aliphatic rings. The number of hydrogen-bond donors (Lipinski definition) is 1. The predicted molar refractivity (Wildman–Crippen MR) is 114 cm³/mol. The number of esters is 1. The summed E-state index contributed by atoms with van der Waals surface area (Å²) >= 11 is 0. The van der Waals surface area contributed by atoms with Crippen molar-refractivity contribution in [3.05, 3.63) is 90.0 Å². The number of rotatable bonds is 8. The quantitative estimate of drug-likeness (QED) is 0.547. The van der Waals surface area contributed by atoms with Gasteiger partial charge in [-0.25, -0.2) is 8.42 Å². The van der Waals surface area contributed by atoms with Crippen molar-refractivity contribution in [3.8, 4) is 11.5 Å². The molecular formula is C23H23NO5S. The van der Waals surface area contributed by atoms with Crippen molar-refractivity contribution in [2.24, 2.45) is 0 Å². The van der Waals surface area contributed by atoms with Gasteiger partial charge in [-0.2, -0.15) is 4.72 Å². The summed E-state index contributed by atoms with van der Waals surface area (Å²) in [4.78, 5) is 12.5. The molecule has 0 aliphatic heterocycles. The van der Waals surface area contributed by atoms with Gasteiger partial charge in [0.25, 0.3) is 0 Å². The first-order valence-corrected chi connectivity index (χ1v) is 10.9. The fraction of sp³-hybridized carbons (Fsp3) is 0.174. The number of carbonyl (C=O) groups excluding carboxylic acids is 1. The Morgan fingerprint density at radius 3 is 2.27 bits per heavy atom. The number of ether oxygens (including phenoxy) is 2. The highest BCUT2D eigenvalue weighted by Crippen LogP contribution is 2.25. The Hall–Kier alpha value is -3.16. The summed E-state index contributed by atoms with van der Waals surface area (Å²) in [5.41, 5.74) is 1.61. The van der Waals surface area contributed by atoms with Gasteiger partial charge in [0.2, 0.25) is 10.0 Å². The predicted octanol–water partition coefficient (Wildman–Crippen LogP) is 4.20. The van der Waals surface area contributed by atoms with E-state index in [1.165, 1.54) is 19.1 Å². The van der Waals surface area contributed by atoms with Crippen molar-refractivity contribution in [3.63, 3.8) is 0 Å². The van der Waals surface area contributed by atoms with Gasteiger partial charge < -0.3 is 9.47 Å². The van der Waals surface area contributed by atoms with E-state index in [1.54, 1.807) is 24.3 Å². The van der Waals surface area contributed by atoms with Gasteiger partial charge in [0.05, 0.1) is 4.90 Å². The third-order valence-electron chi connectivity index (χ3n) is 4.33. The molecule has 0 saturated carbocycles. The molecule has 0 spiro atoms. The standard InChI is InChI=1S/C23H23NO5S/c1-17-12-14-21(15-13-17)30(26,27)24-18(2)23(25)28-16-19-8-6-7-11-22(19)29-20-9-4-3-5-10-20/h3-15,18,24H,16H2,1-2H3/t18-/m0/s1. The Morgan fingerprint density at radius 1 is 0.933 bits per heavy atom. The third kappa shape index (κ3) is 5.68. The van der Waals surface area contributed by atoms with Crippen molar-refractivity contribution < 1.29 is 22.7 Å². The maximum atomic E-state index is 12.5. The average Bonchev–Trinajstić information content (AvgIpc) is 2.73. The zero-order valence-corrected chi connectivity index (χ0v) is 17.6. The first kappa shape index (κ1) is 21.5. The molecule has 3 rings (SSSR count). The van der Waals surface area contributed by atoms with Gasteiger partial charge in [-0.3, -0.25) is 4.79 Å². The minimum atomic E-state index is -3.83. The molecule has 1 N–H and O–H groups in total. The summed E-state index contributed by atoms with van der Waals surface area (Å²) in [5, 5.41) is 0. The summed E-state index contributed by atoms with van der Waals surface area (Å²) in [7, 11) is -3.83. The summed E-state index contributed by atoms with van der Waals surface area (Å²) < 4.78 is 38.4. The number of aryl methyl sites for hydroxylation is 1. The van der Waals surface area contributed by atoms with Crippen LogP contribution in [0.1, 0.15) is 18.1 Å². The van der Waals surface area contributed by atoms with Crippen LogP contribution >= 0.6 is 0 Å². The molecule has 0 bridgehead atoms. The molecule has 0 heterocycles.